The zero-order valence-electron chi connectivity index (χ0n) is 20.7. The standard InChI is InChI=1S/C28H26FN5O3S/c1-17-26-22(28(35)30-12-10-18-15-31-24-9-5-3-6-20(18)24)14-25(21-7-2-4-8-23(21)29)32-27(26)34(33-17)19-11-13-38(36,37)16-19/h2-9,14-15,19,31H,10-13,16H2,1H3,(H,30,35). The van der Waals surface area contributed by atoms with Crippen LogP contribution in [0.2, 0.25) is 0 Å². The molecule has 0 radical (unpaired) electrons. The van der Waals surface area contributed by atoms with E-state index in [0.717, 1.165) is 16.5 Å². The molecule has 10 heteroatoms. The van der Waals surface area contributed by atoms with E-state index in [0.29, 0.717) is 47.4 Å². The van der Waals surface area contributed by atoms with Crippen molar-refractivity contribution >= 4 is 37.7 Å². The van der Waals surface area contributed by atoms with Crippen LogP contribution < -0.4 is 5.32 Å². The van der Waals surface area contributed by atoms with Gasteiger partial charge in [-0.15, -0.1) is 0 Å². The van der Waals surface area contributed by atoms with Crippen molar-refractivity contribution < 1.29 is 17.6 Å². The largest absolute Gasteiger partial charge is 0.361 e. The summed E-state index contributed by atoms with van der Waals surface area (Å²) in [6.45, 7) is 2.17. The summed E-state index contributed by atoms with van der Waals surface area (Å²) in [5.74, 6) is -0.749. The SMILES string of the molecule is Cc1nn(C2CCS(=O)(=O)C2)c2nc(-c3ccccc3F)cc(C(=O)NCCc3c[nH]c4ccccc34)c12. The number of para-hydroxylation sites is 1. The van der Waals surface area contributed by atoms with Gasteiger partial charge in [0.2, 0.25) is 0 Å². The van der Waals surface area contributed by atoms with Gasteiger partial charge in [-0.05, 0) is 49.6 Å². The number of fused-ring (bicyclic) bond motifs is 2. The van der Waals surface area contributed by atoms with Gasteiger partial charge in [-0.2, -0.15) is 5.10 Å². The van der Waals surface area contributed by atoms with Crippen LogP contribution in [0.1, 0.15) is 34.1 Å². The zero-order valence-corrected chi connectivity index (χ0v) is 21.6. The number of amides is 1. The lowest BCUT2D eigenvalue weighted by Crippen LogP contribution is -2.26. The molecule has 2 N–H and O–H groups in total. The number of carbonyl (C=O) groups is 1. The van der Waals surface area contributed by atoms with Crippen molar-refractivity contribution in [2.24, 2.45) is 0 Å². The first-order valence-electron chi connectivity index (χ1n) is 12.5. The van der Waals surface area contributed by atoms with Crippen molar-refractivity contribution in [3.05, 3.63) is 83.4 Å². The van der Waals surface area contributed by atoms with Crippen molar-refractivity contribution in [3.8, 4) is 11.3 Å². The van der Waals surface area contributed by atoms with Crippen LogP contribution in [0.25, 0.3) is 33.2 Å². The number of aromatic nitrogens is 4. The Bertz CT molecular complexity index is 1810. The third-order valence-electron chi connectivity index (χ3n) is 7.14. The number of aryl methyl sites for hydroxylation is 1. The van der Waals surface area contributed by atoms with Crippen molar-refractivity contribution in [2.75, 3.05) is 18.1 Å². The number of rotatable bonds is 6. The second-order valence-corrected chi connectivity index (χ2v) is 11.9. The number of H-pyrrole nitrogens is 1. The lowest BCUT2D eigenvalue weighted by molar-refractivity contribution is 0.0955. The second-order valence-electron chi connectivity index (χ2n) is 9.69. The summed E-state index contributed by atoms with van der Waals surface area (Å²) < 4.78 is 40.7. The lowest BCUT2D eigenvalue weighted by Gasteiger charge is -2.13. The summed E-state index contributed by atoms with van der Waals surface area (Å²) in [5, 5.41) is 9.25. The van der Waals surface area contributed by atoms with Gasteiger partial charge in [0.25, 0.3) is 5.91 Å². The monoisotopic (exact) mass is 531 g/mol. The van der Waals surface area contributed by atoms with Gasteiger partial charge < -0.3 is 10.3 Å². The summed E-state index contributed by atoms with van der Waals surface area (Å²) >= 11 is 0. The van der Waals surface area contributed by atoms with Crippen LogP contribution >= 0.6 is 0 Å². The summed E-state index contributed by atoms with van der Waals surface area (Å²) in [4.78, 5) is 21.5. The normalized spacial score (nSPS) is 16.8. The average molecular weight is 532 g/mol. The number of hydrogen-bond acceptors (Lipinski definition) is 5. The minimum atomic E-state index is -3.18. The minimum absolute atomic E-state index is 0.0407. The van der Waals surface area contributed by atoms with Crippen molar-refractivity contribution in [1.82, 2.24) is 25.1 Å². The molecule has 1 fully saturated rings. The van der Waals surface area contributed by atoms with E-state index in [1.165, 1.54) is 6.07 Å². The molecule has 0 spiro atoms. The molecule has 1 saturated heterocycles. The highest BCUT2D eigenvalue weighted by atomic mass is 32.2. The zero-order chi connectivity index (χ0) is 26.4. The van der Waals surface area contributed by atoms with E-state index in [9.17, 15) is 17.6 Å². The predicted octanol–water partition coefficient (Wildman–Crippen LogP) is 4.36. The van der Waals surface area contributed by atoms with E-state index in [2.05, 4.69) is 15.4 Å². The Hall–Kier alpha value is -4.05. The Labute approximate surface area is 218 Å². The topological polar surface area (TPSA) is 110 Å². The first-order valence-corrected chi connectivity index (χ1v) is 14.3. The van der Waals surface area contributed by atoms with Crippen molar-refractivity contribution in [2.45, 2.75) is 25.8 Å². The number of hydrogen-bond donors (Lipinski definition) is 2. The third kappa shape index (κ3) is 4.34. The van der Waals surface area contributed by atoms with Crippen LogP contribution in [0.3, 0.4) is 0 Å². The van der Waals surface area contributed by atoms with E-state index in [1.807, 2.05) is 30.5 Å². The summed E-state index contributed by atoms with van der Waals surface area (Å²) in [6.07, 6.45) is 2.99. The molecule has 2 aromatic carbocycles. The van der Waals surface area contributed by atoms with Crippen LogP contribution in [0.4, 0.5) is 4.39 Å². The van der Waals surface area contributed by atoms with E-state index < -0.39 is 21.7 Å². The molecule has 4 heterocycles. The number of nitrogens with one attached hydrogen (secondary N) is 2. The number of nitrogens with zero attached hydrogens (tertiary/aromatic N) is 3. The van der Waals surface area contributed by atoms with Crippen LogP contribution in [0, 0.1) is 12.7 Å². The molecule has 0 aliphatic carbocycles. The lowest BCUT2D eigenvalue weighted by atomic mass is 10.0. The Morgan fingerprint density at radius 2 is 1.97 bits per heavy atom. The first-order chi connectivity index (χ1) is 18.3. The van der Waals surface area contributed by atoms with E-state index >= 15 is 0 Å². The number of benzene rings is 2. The molecule has 0 saturated carbocycles. The Morgan fingerprint density at radius 1 is 1.18 bits per heavy atom. The maximum atomic E-state index is 14.8. The molecule has 1 aliphatic rings. The van der Waals surface area contributed by atoms with E-state index in [1.54, 1.807) is 35.9 Å². The fraction of sp³-hybridized carbons (Fsp3) is 0.250. The van der Waals surface area contributed by atoms with Crippen LogP contribution in [-0.4, -0.2) is 52.1 Å². The van der Waals surface area contributed by atoms with Gasteiger partial charge in [-0.25, -0.2) is 22.5 Å². The molecule has 194 valence electrons. The molecule has 1 unspecified atom stereocenters. The van der Waals surface area contributed by atoms with E-state index in [-0.39, 0.29) is 23.0 Å². The third-order valence-corrected chi connectivity index (χ3v) is 8.89. The molecule has 3 aromatic heterocycles. The average Bonchev–Trinajstić information content (AvgIpc) is 3.58. The van der Waals surface area contributed by atoms with Crippen LogP contribution in [-0.2, 0) is 16.3 Å². The molecule has 6 rings (SSSR count). The smallest absolute Gasteiger partial charge is 0.252 e. The molecular formula is C28H26FN5O3S. The van der Waals surface area contributed by atoms with Gasteiger partial charge >= 0.3 is 0 Å². The molecule has 0 bridgehead atoms. The minimum Gasteiger partial charge on any atom is -0.361 e. The van der Waals surface area contributed by atoms with Gasteiger partial charge in [-0.3, -0.25) is 4.79 Å². The van der Waals surface area contributed by atoms with Crippen molar-refractivity contribution in [1.29, 1.82) is 0 Å². The van der Waals surface area contributed by atoms with Gasteiger partial charge in [0, 0.05) is 29.2 Å². The van der Waals surface area contributed by atoms with Crippen LogP contribution in [0.5, 0.6) is 0 Å². The van der Waals surface area contributed by atoms with Crippen molar-refractivity contribution in [3.63, 3.8) is 0 Å². The van der Waals surface area contributed by atoms with Gasteiger partial charge in [0.1, 0.15) is 5.82 Å². The molecule has 1 atom stereocenters. The molecule has 5 aromatic rings. The number of sulfone groups is 1. The maximum absolute atomic E-state index is 14.8. The Morgan fingerprint density at radius 3 is 2.76 bits per heavy atom. The molecule has 1 aliphatic heterocycles. The summed E-state index contributed by atoms with van der Waals surface area (Å²) in [6, 6.07) is 15.4. The quantitative estimate of drug-likeness (QED) is 0.338. The summed E-state index contributed by atoms with van der Waals surface area (Å²) in [7, 11) is -3.18. The van der Waals surface area contributed by atoms with Gasteiger partial charge in [-0.1, -0.05) is 30.3 Å². The number of aromatic amines is 1. The number of pyridine rings is 1. The fourth-order valence-corrected chi connectivity index (χ4v) is 6.96. The van der Waals surface area contributed by atoms with Gasteiger partial charge in [0.05, 0.1) is 39.9 Å². The second kappa shape index (κ2) is 9.36. The fourth-order valence-electron chi connectivity index (χ4n) is 5.27. The molecule has 38 heavy (non-hydrogen) atoms. The number of halogens is 1. The highest BCUT2D eigenvalue weighted by molar-refractivity contribution is 7.91. The van der Waals surface area contributed by atoms with E-state index in [4.69, 9.17) is 4.98 Å². The highest BCUT2D eigenvalue weighted by Crippen LogP contribution is 2.32. The van der Waals surface area contributed by atoms with Crippen LogP contribution in [0.15, 0.2) is 60.8 Å². The molecule has 8 nitrogen and oxygen atoms in total. The predicted molar refractivity (Wildman–Crippen MR) is 144 cm³/mol. The highest BCUT2D eigenvalue weighted by Gasteiger charge is 2.32. The first kappa shape index (κ1) is 24.3. The van der Waals surface area contributed by atoms with Gasteiger partial charge in [0.15, 0.2) is 15.5 Å². The number of carbonyl (C=O) groups excluding carboxylic acids is 1. The maximum Gasteiger partial charge on any atom is 0.252 e. The molecular weight excluding hydrogens is 505 g/mol. The summed E-state index contributed by atoms with van der Waals surface area (Å²) in [5.41, 5.74) is 3.96. The Kier molecular flexibility index (Phi) is 5.98. The molecule has 1 amide bonds. The Balaban J connectivity index is 1.38.